The SMILES string of the molecule is CCCCCCC/C=C\CCCCCCCCOCC(COC1OC(CO)C(O)C(OS(=O)(=O)O)C1O)OC(=O)CCCCCCCCCCCCCCCCCCCCCCCCCC. The van der Waals surface area contributed by atoms with Gasteiger partial charge in [-0.1, -0.05) is 225 Å². The molecule has 0 aromatic heterocycles. The Kier molecular flexibility index (Phi) is 42.9. The summed E-state index contributed by atoms with van der Waals surface area (Å²) in [7, 11) is -5.06. The van der Waals surface area contributed by atoms with Crippen LogP contribution in [0.2, 0.25) is 0 Å². The van der Waals surface area contributed by atoms with Crippen molar-refractivity contribution in [2.24, 2.45) is 0 Å². The maximum absolute atomic E-state index is 12.9. The van der Waals surface area contributed by atoms with E-state index < -0.39 is 59.8 Å². The number of aliphatic hydroxyl groups is 3. The highest BCUT2D eigenvalue weighted by molar-refractivity contribution is 7.80. The van der Waals surface area contributed by atoms with Crippen molar-refractivity contribution in [1.29, 1.82) is 0 Å². The predicted molar refractivity (Wildman–Crippen MR) is 267 cm³/mol. The molecular formula is C53H102O12S. The van der Waals surface area contributed by atoms with Gasteiger partial charge in [-0.3, -0.25) is 9.35 Å². The number of unbranched alkanes of at least 4 members (excludes halogenated alkanes) is 34. The van der Waals surface area contributed by atoms with Crippen LogP contribution in [-0.4, -0.2) is 97.5 Å². The molecule has 66 heavy (non-hydrogen) atoms. The first kappa shape index (κ1) is 62.9. The zero-order valence-electron chi connectivity index (χ0n) is 42.3. The standard InChI is InChI=1S/C53H102O12S/c1-3-5-7-9-11-13-15-17-19-20-21-22-23-24-25-26-27-28-30-32-34-36-38-40-42-49(55)63-47(46-62-53-51(57)52(65-66(58,59)60)50(56)48(44-54)64-53)45-61-43-41-39-37-35-33-31-29-18-16-14-12-10-8-6-4-2/h16,18,47-48,50-54,56-57H,3-15,17,19-46H2,1-2H3,(H,58,59,60)/b18-16-. The van der Waals surface area contributed by atoms with Gasteiger partial charge in [-0.25, -0.2) is 4.18 Å². The number of hydrogen-bond donors (Lipinski definition) is 4. The molecule has 0 amide bonds. The predicted octanol–water partition coefficient (Wildman–Crippen LogP) is 13.0. The third-order valence-corrected chi connectivity index (χ3v) is 13.4. The number of hydrogen-bond acceptors (Lipinski definition) is 11. The largest absolute Gasteiger partial charge is 0.457 e. The summed E-state index contributed by atoms with van der Waals surface area (Å²) in [4.78, 5) is 12.9. The van der Waals surface area contributed by atoms with Crippen LogP contribution in [0, 0.1) is 0 Å². The van der Waals surface area contributed by atoms with Crippen LogP contribution in [0.15, 0.2) is 12.2 Å². The van der Waals surface area contributed by atoms with Crippen LogP contribution in [-0.2, 0) is 38.3 Å². The Morgan fingerprint density at radius 1 is 0.561 bits per heavy atom. The Morgan fingerprint density at radius 2 is 0.955 bits per heavy atom. The van der Waals surface area contributed by atoms with Gasteiger partial charge in [0.2, 0.25) is 0 Å². The molecule has 392 valence electrons. The number of ether oxygens (including phenoxy) is 4. The van der Waals surface area contributed by atoms with Crippen LogP contribution in [0.3, 0.4) is 0 Å². The fourth-order valence-corrected chi connectivity index (χ4v) is 9.24. The van der Waals surface area contributed by atoms with E-state index >= 15 is 0 Å². The number of rotatable bonds is 49. The van der Waals surface area contributed by atoms with Crippen LogP contribution in [0.25, 0.3) is 0 Å². The summed E-state index contributed by atoms with van der Waals surface area (Å²) in [5, 5.41) is 30.8. The van der Waals surface area contributed by atoms with Gasteiger partial charge in [-0.2, -0.15) is 8.42 Å². The van der Waals surface area contributed by atoms with Crippen LogP contribution in [0.1, 0.15) is 258 Å². The van der Waals surface area contributed by atoms with Gasteiger partial charge < -0.3 is 34.3 Å². The fraction of sp³-hybridized carbons (Fsp3) is 0.943. The molecule has 1 heterocycles. The lowest BCUT2D eigenvalue weighted by Gasteiger charge is -2.41. The van der Waals surface area contributed by atoms with Crippen molar-refractivity contribution in [1.82, 2.24) is 0 Å². The molecule has 1 rings (SSSR count). The normalized spacial score (nSPS) is 19.5. The Balaban J connectivity index is 2.29. The van der Waals surface area contributed by atoms with Crippen LogP contribution in [0.4, 0.5) is 0 Å². The van der Waals surface area contributed by atoms with Crippen molar-refractivity contribution < 1.29 is 56.2 Å². The lowest BCUT2D eigenvalue weighted by atomic mass is 9.99. The Labute approximate surface area is 404 Å². The van der Waals surface area contributed by atoms with E-state index in [4.69, 9.17) is 18.9 Å². The van der Waals surface area contributed by atoms with E-state index in [0.29, 0.717) is 13.0 Å². The van der Waals surface area contributed by atoms with Crippen molar-refractivity contribution in [3.8, 4) is 0 Å². The number of allylic oxidation sites excluding steroid dienone is 2. The molecule has 0 aliphatic carbocycles. The summed E-state index contributed by atoms with van der Waals surface area (Å²) in [5.41, 5.74) is 0. The number of carbonyl (C=O) groups excluding carboxylic acids is 1. The van der Waals surface area contributed by atoms with Crippen LogP contribution in [0.5, 0.6) is 0 Å². The van der Waals surface area contributed by atoms with E-state index in [9.17, 15) is 33.1 Å². The van der Waals surface area contributed by atoms with Crippen molar-refractivity contribution in [3.05, 3.63) is 12.2 Å². The molecule has 0 spiro atoms. The highest BCUT2D eigenvalue weighted by Gasteiger charge is 2.48. The molecular weight excluding hydrogens is 861 g/mol. The van der Waals surface area contributed by atoms with E-state index in [0.717, 1.165) is 44.9 Å². The summed E-state index contributed by atoms with van der Waals surface area (Å²) in [6, 6.07) is 0. The second-order valence-electron chi connectivity index (χ2n) is 19.2. The van der Waals surface area contributed by atoms with Gasteiger partial charge in [-0.15, -0.1) is 0 Å². The maximum Gasteiger partial charge on any atom is 0.397 e. The van der Waals surface area contributed by atoms with Gasteiger partial charge in [0.25, 0.3) is 0 Å². The molecule has 0 aromatic rings. The van der Waals surface area contributed by atoms with Crippen LogP contribution >= 0.6 is 0 Å². The molecule has 4 N–H and O–H groups in total. The van der Waals surface area contributed by atoms with Gasteiger partial charge in [0, 0.05) is 13.0 Å². The average Bonchev–Trinajstić information content (AvgIpc) is 3.29. The quantitative estimate of drug-likeness (QED) is 0.0197. The summed E-state index contributed by atoms with van der Waals surface area (Å²) < 4.78 is 59.3. The minimum atomic E-state index is -5.06. The first-order valence-electron chi connectivity index (χ1n) is 27.4. The first-order chi connectivity index (χ1) is 32.1. The highest BCUT2D eigenvalue weighted by Crippen LogP contribution is 2.26. The molecule has 1 fully saturated rings. The number of aliphatic hydroxyl groups excluding tert-OH is 3. The first-order valence-corrected chi connectivity index (χ1v) is 28.8. The molecule has 6 unspecified atom stereocenters. The molecule has 1 aliphatic heterocycles. The van der Waals surface area contributed by atoms with E-state index in [1.165, 1.54) is 186 Å². The maximum atomic E-state index is 12.9. The second kappa shape index (κ2) is 45.0. The van der Waals surface area contributed by atoms with Crippen LogP contribution < -0.4 is 0 Å². The van der Waals surface area contributed by atoms with Gasteiger partial charge in [0.1, 0.15) is 30.5 Å². The Morgan fingerprint density at radius 3 is 1.36 bits per heavy atom. The monoisotopic (exact) mass is 963 g/mol. The number of esters is 1. The number of carbonyl (C=O) groups is 1. The smallest absolute Gasteiger partial charge is 0.397 e. The summed E-state index contributed by atoms with van der Waals surface area (Å²) >= 11 is 0. The minimum absolute atomic E-state index is 0.0376. The zero-order valence-corrected chi connectivity index (χ0v) is 43.1. The molecule has 1 aliphatic rings. The molecule has 1 saturated heterocycles. The fourth-order valence-electron chi connectivity index (χ4n) is 8.73. The highest BCUT2D eigenvalue weighted by atomic mass is 32.3. The molecule has 0 bridgehead atoms. The Bertz CT molecular complexity index is 1200. The van der Waals surface area contributed by atoms with Gasteiger partial charge in [0.05, 0.1) is 19.8 Å². The topological polar surface area (TPSA) is 178 Å². The van der Waals surface area contributed by atoms with Crippen molar-refractivity contribution in [2.45, 2.75) is 295 Å². The van der Waals surface area contributed by atoms with Gasteiger partial charge in [-0.05, 0) is 38.5 Å². The second-order valence-corrected chi connectivity index (χ2v) is 20.2. The summed E-state index contributed by atoms with van der Waals surface area (Å²) in [5.74, 6) is -0.394. The van der Waals surface area contributed by atoms with Crippen molar-refractivity contribution in [2.75, 3.05) is 26.4 Å². The minimum Gasteiger partial charge on any atom is -0.457 e. The van der Waals surface area contributed by atoms with E-state index in [2.05, 4.69) is 30.2 Å². The molecule has 0 aromatic carbocycles. The average molecular weight is 963 g/mol. The molecule has 0 saturated carbocycles. The van der Waals surface area contributed by atoms with Gasteiger partial charge in [0.15, 0.2) is 6.29 Å². The Hall–Kier alpha value is -1.16. The molecule has 12 nitrogen and oxygen atoms in total. The summed E-state index contributed by atoms with van der Waals surface area (Å²) in [6.07, 6.45) is 42.5. The lowest BCUT2D eigenvalue weighted by Crippen LogP contribution is -2.60. The van der Waals surface area contributed by atoms with Gasteiger partial charge >= 0.3 is 16.4 Å². The lowest BCUT2D eigenvalue weighted by molar-refractivity contribution is -0.301. The van der Waals surface area contributed by atoms with E-state index in [1.807, 2.05) is 0 Å². The van der Waals surface area contributed by atoms with E-state index in [-0.39, 0.29) is 19.6 Å². The zero-order chi connectivity index (χ0) is 48.2. The molecule has 6 atom stereocenters. The van der Waals surface area contributed by atoms with E-state index in [1.54, 1.807) is 0 Å². The molecule has 13 heteroatoms. The third kappa shape index (κ3) is 37.7. The summed E-state index contributed by atoms with van der Waals surface area (Å²) in [6.45, 7) is 4.02. The molecule has 0 radical (unpaired) electrons. The third-order valence-electron chi connectivity index (χ3n) is 12.9. The van der Waals surface area contributed by atoms with Crippen molar-refractivity contribution in [3.63, 3.8) is 0 Å². The van der Waals surface area contributed by atoms with Crippen molar-refractivity contribution >= 4 is 16.4 Å².